The highest BCUT2D eigenvalue weighted by Gasteiger charge is 2.52. The van der Waals surface area contributed by atoms with Crippen LogP contribution in [0.25, 0.3) is 0 Å². The van der Waals surface area contributed by atoms with E-state index in [1.54, 1.807) is 5.57 Å². The number of ether oxygens (including phenoxy) is 1. The number of allylic oxidation sites excluding steroid dienone is 2. The number of esters is 1. The topological polar surface area (TPSA) is 26.3 Å². The summed E-state index contributed by atoms with van der Waals surface area (Å²) in [7, 11) is 0. The van der Waals surface area contributed by atoms with Gasteiger partial charge in [0.05, 0.1) is 6.61 Å². The summed E-state index contributed by atoms with van der Waals surface area (Å²) in [6, 6.07) is 0. The second-order valence-electron chi connectivity index (χ2n) is 9.03. The van der Waals surface area contributed by atoms with Crippen LogP contribution >= 0.6 is 0 Å². The van der Waals surface area contributed by atoms with Crippen molar-refractivity contribution in [2.45, 2.75) is 86.5 Å². The third-order valence-electron chi connectivity index (χ3n) is 7.59. The van der Waals surface area contributed by atoms with Gasteiger partial charge in [0.15, 0.2) is 0 Å². The third kappa shape index (κ3) is 3.73. The lowest BCUT2D eigenvalue weighted by Gasteiger charge is -2.58. The SMILES string of the molecule is CCOC(=O)CC(C)CCC1(C)C(C)CCC2(C)C(C)=CCCC21. The van der Waals surface area contributed by atoms with E-state index < -0.39 is 0 Å². The van der Waals surface area contributed by atoms with Crippen molar-refractivity contribution in [3.8, 4) is 0 Å². The van der Waals surface area contributed by atoms with Crippen LogP contribution in [-0.4, -0.2) is 12.6 Å². The summed E-state index contributed by atoms with van der Waals surface area (Å²) in [6.45, 7) is 14.4. The second-order valence-corrected chi connectivity index (χ2v) is 9.03. The van der Waals surface area contributed by atoms with Crippen molar-refractivity contribution in [3.05, 3.63) is 11.6 Å². The summed E-state index contributed by atoms with van der Waals surface area (Å²) < 4.78 is 5.12. The minimum absolute atomic E-state index is 0.0341. The molecular weight excluding hydrogens is 296 g/mol. The molecule has 0 bridgehead atoms. The van der Waals surface area contributed by atoms with Gasteiger partial charge in [-0.2, -0.15) is 0 Å². The summed E-state index contributed by atoms with van der Waals surface area (Å²) in [5.41, 5.74) is 2.41. The van der Waals surface area contributed by atoms with Crippen LogP contribution in [-0.2, 0) is 9.53 Å². The summed E-state index contributed by atoms with van der Waals surface area (Å²) in [6.07, 6.45) is 10.7. The zero-order chi connectivity index (χ0) is 18.0. The smallest absolute Gasteiger partial charge is 0.306 e. The Bertz CT molecular complexity index is 480. The maximum atomic E-state index is 11.7. The average Bonchev–Trinajstić information content (AvgIpc) is 2.52. The third-order valence-corrected chi connectivity index (χ3v) is 7.59. The van der Waals surface area contributed by atoms with E-state index >= 15 is 0 Å². The fraction of sp³-hybridized carbons (Fsp3) is 0.864. The predicted molar refractivity (Wildman–Crippen MR) is 101 cm³/mol. The standard InChI is InChI=1S/C22H38O2/c1-7-24-20(23)15-16(2)11-13-21(5)18(4)12-14-22(6)17(3)9-8-10-19(21)22/h9,16,18-19H,7-8,10-15H2,1-6H3. The summed E-state index contributed by atoms with van der Waals surface area (Å²) >= 11 is 0. The van der Waals surface area contributed by atoms with Crippen molar-refractivity contribution in [1.29, 1.82) is 0 Å². The molecule has 2 rings (SSSR count). The van der Waals surface area contributed by atoms with Gasteiger partial charge in [0.25, 0.3) is 0 Å². The van der Waals surface area contributed by atoms with Crippen molar-refractivity contribution in [3.63, 3.8) is 0 Å². The molecule has 0 aromatic carbocycles. The normalized spacial score (nSPS) is 37.3. The van der Waals surface area contributed by atoms with Crippen molar-refractivity contribution in [2.75, 3.05) is 6.61 Å². The number of fused-ring (bicyclic) bond motifs is 1. The van der Waals surface area contributed by atoms with E-state index in [0.29, 0.717) is 29.8 Å². The maximum absolute atomic E-state index is 11.7. The first-order valence-corrected chi connectivity index (χ1v) is 10.1. The number of hydrogen-bond acceptors (Lipinski definition) is 2. The molecular formula is C22H38O2. The van der Waals surface area contributed by atoms with Crippen LogP contribution in [0, 0.1) is 28.6 Å². The molecule has 0 amide bonds. The van der Waals surface area contributed by atoms with E-state index in [4.69, 9.17) is 4.74 Å². The lowest BCUT2D eigenvalue weighted by Crippen LogP contribution is -2.49. The average molecular weight is 335 g/mol. The van der Waals surface area contributed by atoms with Gasteiger partial charge in [-0.15, -0.1) is 0 Å². The van der Waals surface area contributed by atoms with E-state index in [0.717, 1.165) is 18.3 Å². The zero-order valence-electron chi connectivity index (χ0n) is 16.8. The highest BCUT2D eigenvalue weighted by Crippen LogP contribution is 2.61. The molecule has 0 aromatic heterocycles. The van der Waals surface area contributed by atoms with E-state index in [1.165, 1.54) is 32.1 Å². The molecule has 24 heavy (non-hydrogen) atoms. The molecule has 0 aromatic rings. The number of carbonyl (C=O) groups is 1. The van der Waals surface area contributed by atoms with Crippen LogP contribution in [0.5, 0.6) is 0 Å². The van der Waals surface area contributed by atoms with Crippen molar-refractivity contribution in [1.82, 2.24) is 0 Å². The fourth-order valence-electron chi connectivity index (χ4n) is 5.50. The van der Waals surface area contributed by atoms with Gasteiger partial charge in [0.1, 0.15) is 0 Å². The van der Waals surface area contributed by atoms with Crippen molar-refractivity contribution in [2.24, 2.45) is 28.6 Å². The molecule has 0 aliphatic heterocycles. The lowest BCUT2D eigenvalue weighted by molar-refractivity contribution is -0.144. The predicted octanol–water partition coefficient (Wildman–Crippen LogP) is 6.15. The fourth-order valence-corrected chi connectivity index (χ4v) is 5.50. The first-order chi connectivity index (χ1) is 11.2. The number of rotatable bonds is 6. The van der Waals surface area contributed by atoms with E-state index in [-0.39, 0.29) is 5.97 Å². The van der Waals surface area contributed by atoms with Crippen molar-refractivity contribution < 1.29 is 9.53 Å². The minimum Gasteiger partial charge on any atom is -0.466 e. The quantitative estimate of drug-likeness (QED) is 0.430. The van der Waals surface area contributed by atoms with Crippen LogP contribution in [0.3, 0.4) is 0 Å². The zero-order valence-corrected chi connectivity index (χ0v) is 16.8. The highest BCUT2D eigenvalue weighted by atomic mass is 16.5. The number of hydrogen-bond donors (Lipinski definition) is 0. The molecule has 2 nitrogen and oxygen atoms in total. The molecule has 0 spiro atoms. The minimum atomic E-state index is -0.0341. The van der Waals surface area contributed by atoms with Gasteiger partial charge < -0.3 is 4.74 Å². The largest absolute Gasteiger partial charge is 0.466 e. The first-order valence-electron chi connectivity index (χ1n) is 10.1. The van der Waals surface area contributed by atoms with Gasteiger partial charge in [-0.1, -0.05) is 39.3 Å². The van der Waals surface area contributed by atoms with Gasteiger partial charge in [-0.3, -0.25) is 4.79 Å². The summed E-state index contributed by atoms with van der Waals surface area (Å²) in [5, 5.41) is 0. The molecule has 138 valence electrons. The van der Waals surface area contributed by atoms with Crippen LogP contribution in [0.4, 0.5) is 0 Å². The van der Waals surface area contributed by atoms with Crippen LogP contribution < -0.4 is 0 Å². The van der Waals surface area contributed by atoms with Gasteiger partial charge in [-0.25, -0.2) is 0 Å². The Hall–Kier alpha value is -0.790. The molecule has 2 aliphatic rings. The van der Waals surface area contributed by atoms with Crippen LogP contribution in [0.1, 0.15) is 86.5 Å². The molecule has 1 fully saturated rings. The van der Waals surface area contributed by atoms with Gasteiger partial charge in [0, 0.05) is 6.42 Å². The van der Waals surface area contributed by atoms with E-state index in [2.05, 4.69) is 40.7 Å². The summed E-state index contributed by atoms with van der Waals surface area (Å²) in [5.74, 6) is 1.94. The van der Waals surface area contributed by atoms with Crippen LogP contribution in [0.2, 0.25) is 0 Å². The Morgan fingerprint density at radius 3 is 2.75 bits per heavy atom. The molecule has 1 saturated carbocycles. The Balaban J connectivity index is 2.06. The van der Waals surface area contributed by atoms with Crippen LogP contribution in [0.15, 0.2) is 11.6 Å². The monoisotopic (exact) mass is 334 g/mol. The van der Waals surface area contributed by atoms with Gasteiger partial charge in [-0.05, 0) is 81.0 Å². The molecule has 5 unspecified atom stereocenters. The molecule has 2 heteroatoms. The molecule has 0 saturated heterocycles. The molecule has 0 heterocycles. The maximum Gasteiger partial charge on any atom is 0.306 e. The molecule has 5 atom stereocenters. The molecule has 0 radical (unpaired) electrons. The van der Waals surface area contributed by atoms with Gasteiger partial charge in [0.2, 0.25) is 0 Å². The molecule has 2 aliphatic carbocycles. The number of carbonyl (C=O) groups excluding carboxylic acids is 1. The van der Waals surface area contributed by atoms with Crippen molar-refractivity contribution >= 4 is 5.97 Å². The Kier molecular flexibility index (Phi) is 6.20. The summed E-state index contributed by atoms with van der Waals surface area (Å²) in [4.78, 5) is 11.7. The van der Waals surface area contributed by atoms with E-state index in [1.807, 2.05) is 6.92 Å². The Morgan fingerprint density at radius 2 is 2.08 bits per heavy atom. The Morgan fingerprint density at radius 1 is 1.38 bits per heavy atom. The Labute approximate surface area is 149 Å². The second kappa shape index (κ2) is 7.62. The van der Waals surface area contributed by atoms with E-state index in [9.17, 15) is 4.79 Å². The first kappa shape index (κ1) is 19.5. The molecule has 0 N–H and O–H groups in total. The van der Waals surface area contributed by atoms with Gasteiger partial charge >= 0.3 is 5.97 Å². The lowest BCUT2D eigenvalue weighted by atomic mass is 9.47. The highest BCUT2D eigenvalue weighted by molar-refractivity contribution is 5.69.